The highest BCUT2D eigenvalue weighted by atomic mass is 15.0. The average Bonchev–Trinajstić information content (AvgIpc) is 2.13. The molecular weight excluding hydrogens is 218 g/mol. The maximum atomic E-state index is 2.36. The summed E-state index contributed by atoms with van der Waals surface area (Å²) in [7, 11) is 0. The van der Waals surface area contributed by atoms with E-state index in [0.29, 0.717) is 0 Å². The highest BCUT2D eigenvalue weighted by Gasteiger charge is 2.28. The van der Waals surface area contributed by atoms with Crippen LogP contribution in [0, 0.1) is 0 Å². The van der Waals surface area contributed by atoms with Gasteiger partial charge in [0.25, 0.3) is 0 Å². The zero-order valence-electron chi connectivity index (χ0n) is 13.7. The third-order valence-electron chi connectivity index (χ3n) is 3.37. The Labute approximate surface area is 113 Å². The lowest BCUT2D eigenvalue weighted by atomic mass is 9.82. The minimum absolute atomic E-state index is 0.126. The molecule has 0 aliphatic rings. The van der Waals surface area contributed by atoms with Gasteiger partial charge in [-0.3, -0.25) is 0 Å². The normalized spacial score (nSPS) is 13.8. The molecule has 0 unspecified atom stereocenters. The van der Waals surface area contributed by atoms with E-state index in [4.69, 9.17) is 0 Å². The molecule has 0 spiro atoms. The van der Waals surface area contributed by atoms with Crippen LogP contribution in [0.4, 0.5) is 0 Å². The first kappa shape index (κ1) is 15.2. The zero-order chi connectivity index (χ0) is 14.4. The smallest absolute Gasteiger partial charge is 0.173 e. The second-order valence-corrected chi connectivity index (χ2v) is 8.39. The predicted octanol–water partition coefficient (Wildman–Crippen LogP) is 4.32. The Morgan fingerprint density at radius 3 is 1.22 bits per heavy atom. The SMILES string of the molecule is CC(C)(C)c1cc(C(C)(C)C)c[n+](C(C)(C)C)c1. The van der Waals surface area contributed by atoms with E-state index in [0.717, 1.165) is 0 Å². The third kappa shape index (κ3) is 3.57. The van der Waals surface area contributed by atoms with Crippen molar-refractivity contribution < 1.29 is 4.57 Å². The molecule has 0 aliphatic heterocycles. The van der Waals surface area contributed by atoms with Gasteiger partial charge >= 0.3 is 0 Å². The van der Waals surface area contributed by atoms with Crippen molar-refractivity contribution in [2.45, 2.75) is 78.7 Å². The molecule has 1 aromatic rings. The predicted molar refractivity (Wildman–Crippen MR) is 79.0 cm³/mol. The van der Waals surface area contributed by atoms with Gasteiger partial charge in [0.05, 0.1) is 0 Å². The maximum Gasteiger partial charge on any atom is 0.173 e. The van der Waals surface area contributed by atoms with Gasteiger partial charge in [0, 0.05) is 31.9 Å². The lowest BCUT2D eigenvalue weighted by molar-refractivity contribution is -0.754. The molecule has 0 saturated heterocycles. The summed E-state index contributed by atoms with van der Waals surface area (Å²) in [5, 5.41) is 0. The van der Waals surface area contributed by atoms with Crippen LogP contribution in [-0.4, -0.2) is 0 Å². The zero-order valence-corrected chi connectivity index (χ0v) is 13.7. The van der Waals surface area contributed by atoms with Crippen LogP contribution in [0.15, 0.2) is 18.5 Å². The van der Waals surface area contributed by atoms with Crippen LogP contribution >= 0.6 is 0 Å². The number of pyridine rings is 1. The first-order chi connectivity index (χ1) is 7.82. The van der Waals surface area contributed by atoms with Crippen molar-refractivity contribution in [3.8, 4) is 0 Å². The first-order valence-electron chi connectivity index (χ1n) is 6.89. The quantitative estimate of drug-likeness (QED) is 0.602. The number of hydrogen-bond acceptors (Lipinski definition) is 0. The summed E-state index contributed by atoms with van der Waals surface area (Å²) in [6.45, 7) is 20.4. The van der Waals surface area contributed by atoms with E-state index < -0.39 is 0 Å². The van der Waals surface area contributed by atoms with Crippen LogP contribution in [0.5, 0.6) is 0 Å². The van der Waals surface area contributed by atoms with Crippen LogP contribution in [0.25, 0.3) is 0 Å². The fourth-order valence-corrected chi connectivity index (χ4v) is 1.79. The van der Waals surface area contributed by atoms with Gasteiger partial charge in [-0.1, -0.05) is 41.5 Å². The van der Waals surface area contributed by atoms with Crippen LogP contribution < -0.4 is 4.57 Å². The van der Waals surface area contributed by atoms with Gasteiger partial charge in [-0.15, -0.1) is 0 Å². The van der Waals surface area contributed by atoms with Gasteiger partial charge in [-0.05, 0) is 16.9 Å². The van der Waals surface area contributed by atoms with E-state index in [1.54, 1.807) is 0 Å². The van der Waals surface area contributed by atoms with E-state index in [1.165, 1.54) is 11.1 Å². The molecule has 1 heteroatoms. The van der Waals surface area contributed by atoms with E-state index in [2.05, 4.69) is 85.3 Å². The Morgan fingerprint density at radius 2 is 1.00 bits per heavy atom. The van der Waals surface area contributed by atoms with E-state index in [9.17, 15) is 0 Å². The Hall–Kier alpha value is -0.850. The Balaban J connectivity index is 3.49. The van der Waals surface area contributed by atoms with Crippen LogP contribution in [0.3, 0.4) is 0 Å². The summed E-state index contributed by atoms with van der Waals surface area (Å²) in [6, 6.07) is 2.36. The van der Waals surface area contributed by atoms with Crippen LogP contribution in [0.1, 0.15) is 73.4 Å². The molecule has 0 aliphatic carbocycles. The third-order valence-corrected chi connectivity index (χ3v) is 3.37. The van der Waals surface area contributed by atoms with Crippen molar-refractivity contribution in [3.63, 3.8) is 0 Å². The highest BCUT2D eigenvalue weighted by Crippen LogP contribution is 2.27. The standard InChI is InChI=1S/C17H30N/c1-15(2,3)13-10-14(16(4,5)6)12-18(11-13)17(7,8)9/h10-12H,1-9H3/q+1. The molecule has 0 amide bonds. The number of rotatable bonds is 0. The first-order valence-corrected chi connectivity index (χ1v) is 6.89. The molecule has 0 aromatic carbocycles. The molecular formula is C17H30N+. The topological polar surface area (TPSA) is 3.88 Å². The van der Waals surface area contributed by atoms with Gasteiger partial charge in [0.2, 0.25) is 0 Å². The van der Waals surface area contributed by atoms with Gasteiger partial charge in [0.1, 0.15) is 0 Å². The van der Waals surface area contributed by atoms with Crippen molar-refractivity contribution in [2.24, 2.45) is 0 Å². The fraction of sp³-hybridized carbons (Fsp3) is 0.706. The highest BCUT2D eigenvalue weighted by molar-refractivity contribution is 5.26. The fourth-order valence-electron chi connectivity index (χ4n) is 1.79. The van der Waals surface area contributed by atoms with Crippen LogP contribution in [-0.2, 0) is 16.4 Å². The lowest BCUT2D eigenvalue weighted by Crippen LogP contribution is -2.51. The molecule has 1 nitrogen and oxygen atoms in total. The van der Waals surface area contributed by atoms with Crippen molar-refractivity contribution in [3.05, 3.63) is 29.6 Å². The van der Waals surface area contributed by atoms with Crippen molar-refractivity contribution >= 4 is 0 Å². The molecule has 102 valence electrons. The number of nitrogens with zero attached hydrogens (tertiary/aromatic N) is 1. The van der Waals surface area contributed by atoms with Crippen molar-refractivity contribution in [1.29, 1.82) is 0 Å². The monoisotopic (exact) mass is 248 g/mol. The average molecular weight is 248 g/mol. The number of aromatic nitrogens is 1. The Kier molecular flexibility index (Phi) is 3.69. The molecule has 1 aromatic heterocycles. The molecule has 0 bridgehead atoms. The maximum absolute atomic E-state index is 2.36. The molecule has 0 fully saturated rings. The van der Waals surface area contributed by atoms with Gasteiger partial charge in [-0.25, -0.2) is 4.57 Å². The summed E-state index contributed by atoms with van der Waals surface area (Å²) in [4.78, 5) is 0. The van der Waals surface area contributed by atoms with E-state index in [1.807, 2.05) is 0 Å². The van der Waals surface area contributed by atoms with Gasteiger partial charge in [-0.2, -0.15) is 0 Å². The molecule has 0 N–H and O–H groups in total. The lowest BCUT2D eigenvalue weighted by Gasteiger charge is -2.25. The molecule has 0 atom stereocenters. The summed E-state index contributed by atoms with van der Waals surface area (Å²) in [6.07, 6.45) is 4.60. The summed E-state index contributed by atoms with van der Waals surface area (Å²) >= 11 is 0. The van der Waals surface area contributed by atoms with E-state index in [-0.39, 0.29) is 16.4 Å². The largest absolute Gasteiger partial charge is 0.200 e. The molecule has 1 heterocycles. The van der Waals surface area contributed by atoms with Crippen molar-refractivity contribution in [2.75, 3.05) is 0 Å². The minimum Gasteiger partial charge on any atom is -0.200 e. The Morgan fingerprint density at radius 1 is 0.667 bits per heavy atom. The molecule has 18 heavy (non-hydrogen) atoms. The second-order valence-electron chi connectivity index (χ2n) is 8.39. The van der Waals surface area contributed by atoms with E-state index >= 15 is 0 Å². The molecule has 0 radical (unpaired) electrons. The molecule has 1 rings (SSSR count). The second kappa shape index (κ2) is 4.36. The van der Waals surface area contributed by atoms with Crippen LogP contribution in [0.2, 0.25) is 0 Å². The van der Waals surface area contributed by atoms with Crippen molar-refractivity contribution in [1.82, 2.24) is 0 Å². The summed E-state index contributed by atoms with van der Waals surface area (Å²) in [5.41, 5.74) is 3.32. The summed E-state index contributed by atoms with van der Waals surface area (Å²) < 4.78 is 2.36. The Bertz CT molecular complexity index is 343. The minimum atomic E-state index is 0.126. The van der Waals surface area contributed by atoms with Gasteiger partial charge in [0.15, 0.2) is 17.9 Å². The van der Waals surface area contributed by atoms with Gasteiger partial charge < -0.3 is 0 Å². The molecule has 0 saturated carbocycles. The number of hydrogen-bond donors (Lipinski definition) is 0. The summed E-state index contributed by atoms with van der Waals surface area (Å²) in [5.74, 6) is 0.